The second kappa shape index (κ2) is 8.13. The van der Waals surface area contributed by atoms with Crippen LogP contribution in [0.3, 0.4) is 0 Å². The molecule has 0 aromatic heterocycles. The van der Waals surface area contributed by atoms with Crippen molar-refractivity contribution in [3.63, 3.8) is 0 Å². The van der Waals surface area contributed by atoms with Gasteiger partial charge in [0.05, 0.1) is 37.1 Å². The van der Waals surface area contributed by atoms with Gasteiger partial charge in [-0.05, 0) is 31.0 Å². The normalized spacial score (nSPS) is 18.1. The molecule has 1 heterocycles. The van der Waals surface area contributed by atoms with Gasteiger partial charge in [-0.3, -0.25) is 0 Å². The van der Waals surface area contributed by atoms with E-state index in [1.165, 1.54) is 10.5 Å². The average Bonchev–Trinajstić information content (AvgIpc) is 2.68. The van der Waals surface area contributed by atoms with Gasteiger partial charge in [0.2, 0.25) is 10.0 Å². The molecule has 0 saturated carbocycles. The molecule has 1 aliphatic heterocycles. The fourth-order valence-electron chi connectivity index (χ4n) is 3.48. The SMILES string of the molecule is C[C@H](CCc1ccccc1)[NH+]1CCN(S(=O)(=O)c2ccccc2)CC1. The van der Waals surface area contributed by atoms with Crippen molar-refractivity contribution in [2.45, 2.75) is 30.7 Å². The molecule has 1 N–H and O–H groups in total. The lowest BCUT2D eigenvalue weighted by molar-refractivity contribution is -0.927. The zero-order valence-electron chi connectivity index (χ0n) is 14.8. The minimum Gasteiger partial charge on any atom is -0.331 e. The third-order valence-electron chi connectivity index (χ3n) is 5.15. The Balaban J connectivity index is 1.53. The van der Waals surface area contributed by atoms with Gasteiger partial charge in [0.15, 0.2) is 0 Å². The first-order valence-electron chi connectivity index (χ1n) is 9.01. The molecule has 25 heavy (non-hydrogen) atoms. The predicted molar refractivity (Wildman–Crippen MR) is 100 cm³/mol. The van der Waals surface area contributed by atoms with E-state index in [2.05, 4.69) is 31.2 Å². The first-order chi connectivity index (χ1) is 12.1. The summed E-state index contributed by atoms with van der Waals surface area (Å²) in [4.78, 5) is 1.91. The van der Waals surface area contributed by atoms with Crippen LogP contribution in [0.15, 0.2) is 65.6 Å². The molecule has 0 radical (unpaired) electrons. The minimum atomic E-state index is -3.35. The molecule has 0 amide bonds. The van der Waals surface area contributed by atoms with Crippen LogP contribution >= 0.6 is 0 Å². The summed E-state index contributed by atoms with van der Waals surface area (Å²) >= 11 is 0. The highest BCUT2D eigenvalue weighted by molar-refractivity contribution is 7.89. The molecule has 0 bridgehead atoms. The van der Waals surface area contributed by atoms with Crippen molar-refractivity contribution in [3.8, 4) is 0 Å². The van der Waals surface area contributed by atoms with Crippen molar-refractivity contribution in [3.05, 3.63) is 66.2 Å². The van der Waals surface area contributed by atoms with Gasteiger partial charge in [-0.2, -0.15) is 4.31 Å². The molecule has 1 atom stereocenters. The van der Waals surface area contributed by atoms with E-state index >= 15 is 0 Å². The van der Waals surface area contributed by atoms with Crippen LogP contribution in [0.2, 0.25) is 0 Å². The van der Waals surface area contributed by atoms with Gasteiger partial charge in [-0.1, -0.05) is 48.5 Å². The number of hydrogen-bond donors (Lipinski definition) is 1. The van der Waals surface area contributed by atoms with Crippen molar-refractivity contribution in [2.75, 3.05) is 26.2 Å². The number of aryl methyl sites for hydroxylation is 1. The molecule has 1 fully saturated rings. The summed E-state index contributed by atoms with van der Waals surface area (Å²) in [7, 11) is -3.35. The highest BCUT2D eigenvalue weighted by atomic mass is 32.2. The van der Waals surface area contributed by atoms with E-state index < -0.39 is 10.0 Å². The van der Waals surface area contributed by atoms with Gasteiger partial charge < -0.3 is 4.90 Å². The summed E-state index contributed by atoms with van der Waals surface area (Å²) in [6, 6.07) is 19.9. The summed E-state index contributed by atoms with van der Waals surface area (Å²) < 4.78 is 27.0. The van der Waals surface area contributed by atoms with Crippen molar-refractivity contribution in [1.82, 2.24) is 4.31 Å². The van der Waals surface area contributed by atoms with Crippen LogP contribution in [0.4, 0.5) is 0 Å². The summed E-state index contributed by atoms with van der Waals surface area (Å²) in [6.45, 7) is 5.23. The third kappa shape index (κ3) is 4.48. The lowest BCUT2D eigenvalue weighted by Gasteiger charge is -2.34. The van der Waals surface area contributed by atoms with Crippen molar-refractivity contribution in [1.29, 1.82) is 0 Å². The van der Waals surface area contributed by atoms with Crippen LogP contribution < -0.4 is 4.90 Å². The second-order valence-electron chi connectivity index (χ2n) is 6.80. The van der Waals surface area contributed by atoms with Crippen LogP contribution in [-0.2, 0) is 16.4 Å². The van der Waals surface area contributed by atoms with Gasteiger partial charge >= 0.3 is 0 Å². The van der Waals surface area contributed by atoms with Crippen LogP contribution in [0, 0.1) is 0 Å². The summed E-state index contributed by atoms with van der Waals surface area (Å²) in [5, 5.41) is 0. The molecule has 0 unspecified atom stereocenters. The second-order valence-corrected chi connectivity index (χ2v) is 8.74. The van der Waals surface area contributed by atoms with Crippen LogP contribution in [0.1, 0.15) is 18.9 Å². The number of rotatable bonds is 6. The van der Waals surface area contributed by atoms with Crippen LogP contribution in [0.25, 0.3) is 0 Å². The Morgan fingerprint density at radius 2 is 1.52 bits per heavy atom. The highest BCUT2D eigenvalue weighted by Gasteiger charge is 2.31. The summed E-state index contributed by atoms with van der Waals surface area (Å²) in [5.41, 5.74) is 1.37. The van der Waals surface area contributed by atoms with Gasteiger partial charge in [-0.15, -0.1) is 0 Å². The minimum absolute atomic E-state index is 0.399. The van der Waals surface area contributed by atoms with Gasteiger partial charge in [-0.25, -0.2) is 8.42 Å². The molecule has 5 heteroatoms. The number of hydrogen-bond acceptors (Lipinski definition) is 2. The van der Waals surface area contributed by atoms with E-state index in [4.69, 9.17) is 0 Å². The molecule has 1 aliphatic rings. The Labute approximate surface area is 151 Å². The summed E-state index contributed by atoms with van der Waals surface area (Å²) in [6.07, 6.45) is 2.21. The molecule has 2 aromatic carbocycles. The molecule has 4 nitrogen and oxygen atoms in total. The molecule has 134 valence electrons. The molecular formula is C20H27N2O2S+. The summed E-state index contributed by atoms with van der Waals surface area (Å²) in [5.74, 6) is 0. The van der Waals surface area contributed by atoms with Gasteiger partial charge in [0, 0.05) is 6.42 Å². The Kier molecular flexibility index (Phi) is 5.89. The average molecular weight is 360 g/mol. The number of nitrogens with one attached hydrogen (secondary N) is 1. The standard InChI is InChI=1S/C20H26N2O2S/c1-18(12-13-19-8-4-2-5-9-19)21-14-16-22(17-15-21)25(23,24)20-10-6-3-7-11-20/h2-11,18H,12-17H2,1H3/p+1/t18-/m1/s1. The molecule has 0 aliphatic carbocycles. The smallest absolute Gasteiger partial charge is 0.243 e. The van der Waals surface area contributed by atoms with E-state index in [1.807, 2.05) is 12.1 Å². The van der Waals surface area contributed by atoms with Gasteiger partial charge in [0.1, 0.15) is 0 Å². The lowest BCUT2D eigenvalue weighted by atomic mass is 10.0. The molecule has 1 saturated heterocycles. The zero-order valence-corrected chi connectivity index (χ0v) is 15.6. The zero-order chi connectivity index (χ0) is 17.7. The maximum atomic E-state index is 12.7. The quantitative estimate of drug-likeness (QED) is 0.851. The molecule has 0 spiro atoms. The fourth-order valence-corrected chi connectivity index (χ4v) is 4.94. The number of sulfonamides is 1. The van der Waals surface area contributed by atoms with E-state index in [9.17, 15) is 8.42 Å². The van der Waals surface area contributed by atoms with Crippen molar-refractivity contribution < 1.29 is 13.3 Å². The molecule has 2 aromatic rings. The largest absolute Gasteiger partial charge is 0.331 e. The van der Waals surface area contributed by atoms with Gasteiger partial charge in [0.25, 0.3) is 0 Å². The molecule has 3 rings (SSSR count). The first kappa shape index (κ1) is 18.1. The van der Waals surface area contributed by atoms with Crippen LogP contribution in [-0.4, -0.2) is 44.9 Å². The Morgan fingerprint density at radius 3 is 2.12 bits per heavy atom. The number of nitrogens with zero attached hydrogens (tertiary/aromatic N) is 1. The number of benzene rings is 2. The highest BCUT2D eigenvalue weighted by Crippen LogP contribution is 2.15. The van der Waals surface area contributed by atoms with E-state index in [1.54, 1.807) is 28.6 Å². The topological polar surface area (TPSA) is 41.8 Å². The predicted octanol–water partition coefficient (Wildman–Crippen LogP) is 1.60. The van der Waals surface area contributed by atoms with Crippen molar-refractivity contribution >= 4 is 10.0 Å². The first-order valence-corrected chi connectivity index (χ1v) is 10.4. The number of piperazine rings is 1. The van der Waals surface area contributed by atoms with E-state index in [0.29, 0.717) is 24.0 Å². The lowest BCUT2D eigenvalue weighted by Crippen LogP contribution is -3.18. The Bertz CT molecular complexity index is 755. The monoisotopic (exact) mass is 359 g/mol. The fraction of sp³-hybridized carbons (Fsp3) is 0.400. The van der Waals surface area contributed by atoms with Crippen LogP contribution in [0.5, 0.6) is 0 Å². The van der Waals surface area contributed by atoms with E-state index in [0.717, 1.165) is 25.9 Å². The Morgan fingerprint density at radius 1 is 0.960 bits per heavy atom. The maximum Gasteiger partial charge on any atom is 0.243 e. The van der Waals surface area contributed by atoms with E-state index in [-0.39, 0.29) is 0 Å². The third-order valence-corrected chi connectivity index (χ3v) is 7.06. The number of quaternary nitrogens is 1. The molecular weight excluding hydrogens is 332 g/mol. The Hall–Kier alpha value is -1.69. The maximum absolute atomic E-state index is 12.7. The van der Waals surface area contributed by atoms with Crippen molar-refractivity contribution in [2.24, 2.45) is 0 Å².